The van der Waals surface area contributed by atoms with Gasteiger partial charge in [-0.15, -0.1) is 0 Å². The summed E-state index contributed by atoms with van der Waals surface area (Å²) in [4.78, 5) is 0. The highest BCUT2D eigenvalue weighted by Gasteiger charge is 2.34. The van der Waals surface area contributed by atoms with Gasteiger partial charge in [-0.05, 0) is 75.0 Å². The molecule has 2 aliphatic rings. The third-order valence-electron chi connectivity index (χ3n) is 7.13. The molecule has 1 N–H and O–H groups in total. The SMILES string of the molecule is Cc1c(C)c(C2CCCCC2)c(C2CCCCC2)c([N+](C)(C)C)c1C.[OH-]. The van der Waals surface area contributed by atoms with Crippen molar-refractivity contribution in [1.82, 2.24) is 4.48 Å². The molecule has 0 saturated heterocycles. The van der Waals surface area contributed by atoms with E-state index in [2.05, 4.69) is 41.9 Å². The van der Waals surface area contributed by atoms with Crippen LogP contribution >= 0.6 is 0 Å². The second-order valence-corrected chi connectivity index (χ2v) is 9.73. The normalized spacial score (nSPS) is 20.1. The van der Waals surface area contributed by atoms with Crippen molar-refractivity contribution in [3.63, 3.8) is 0 Å². The van der Waals surface area contributed by atoms with Gasteiger partial charge in [-0.1, -0.05) is 38.5 Å². The van der Waals surface area contributed by atoms with Crippen molar-refractivity contribution in [1.29, 1.82) is 0 Å². The van der Waals surface area contributed by atoms with Crippen LogP contribution in [0, 0.1) is 20.8 Å². The second kappa shape index (κ2) is 8.44. The Hall–Kier alpha value is -0.860. The number of quaternary nitrogens is 1. The van der Waals surface area contributed by atoms with Gasteiger partial charge in [0.1, 0.15) is 5.69 Å². The van der Waals surface area contributed by atoms with E-state index in [1.54, 1.807) is 33.5 Å². The van der Waals surface area contributed by atoms with Gasteiger partial charge < -0.3 is 5.48 Å². The molecule has 0 atom stereocenters. The first-order chi connectivity index (χ1) is 11.8. The van der Waals surface area contributed by atoms with Crippen LogP contribution in [0.4, 0.5) is 5.69 Å². The van der Waals surface area contributed by atoms with Crippen LogP contribution in [-0.4, -0.2) is 26.6 Å². The Bertz CT molecular complexity index is 614. The van der Waals surface area contributed by atoms with Crippen molar-refractivity contribution in [2.24, 2.45) is 0 Å². The quantitative estimate of drug-likeness (QED) is 0.550. The molecule has 148 valence electrons. The maximum absolute atomic E-state index is 2.43. The fourth-order valence-electron chi connectivity index (χ4n) is 5.78. The molecule has 3 rings (SSSR count). The lowest BCUT2D eigenvalue weighted by atomic mass is 9.72. The van der Waals surface area contributed by atoms with E-state index < -0.39 is 0 Å². The molecule has 26 heavy (non-hydrogen) atoms. The summed E-state index contributed by atoms with van der Waals surface area (Å²) in [5, 5.41) is 0. The summed E-state index contributed by atoms with van der Waals surface area (Å²) in [7, 11) is 7.15. The molecule has 2 aliphatic carbocycles. The first kappa shape index (κ1) is 21.4. The van der Waals surface area contributed by atoms with Gasteiger partial charge in [0.15, 0.2) is 0 Å². The standard InChI is InChI=1S/C24H40N.H2O/c1-17-18(2)22(20-13-9-7-10-14-20)23(21-15-11-8-12-16-21)24(19(17)3)25(4,5)6;/h20-21H,7-16H2,1-6H3;1H2/q+1;/p-1. The highest BCUT2D eigenvalue weighted by Crippen LogP contribution is 2.49. The third kappa shape index (κ3) is 4.02. The molecule has 0 bridgehead atoms. The van der Waals surface area contributed by atoms with Gasteiger partial charge in [0.25, 0.3) is 0 Å². The minimum atomic E-state index is 0. The van der Waals surface area contributed by atoms with Gasteiger partial charge in [-0.25, -0.2) is 0 Å². The monoisotopic (exact) mass is 359 g/mol. The minimum Gasteiger partial charge on any atom is -0.870 e. The molecule has 1 aromatic rings. The Morgan fingerprint density at radius 1 is 0.577 bits per heavy atom. The summed E-state index contributed by atoms with van der Waals surface area (Å²) in [5.74, 6) is 1.62. The van der Waals surface area contributed by atoms with Crippen molar-refractivity contribution < 1.29 is 5.48 Å². The molecule has 0 amide bonds. The smallest absolute Gasteiger partial charge is 0.139 e. The Morgan fingerprint density at radius 2 is 1.00 bits per heavy atom. The average Bonchev–Trinajstić information content (AvgIpc) is 2.59. The van der Waals surface area contributed by atoms with Crippen molar-refractivity contribution >= 4 is 5.69 Å². The molecule has 0 aromatic heterocycles. The van der Waals surface area contributed by atoms with Crippen molar-refractivity contribution in [3.05, 3.63) is 27.8 Å². The molecule has 2 saturated carbocycles. The number of hydrogen-bond donors (Lipinski definition) is 0. The lowest BCUT2D eigenvalue weighted by Crippen LogP contribution is -2.38. The predicted molar refractivity (Wildman–Crippen MR) is 114 cm³/mol. The molecular formula is C24H41NO. The van der Waals surface area contributed by atoms with Crippen molar-refractivity contribution in [2.75, 3.05) is 21.1 Å². The fraction of sp³-hybridized carbons (Fsp3) is 0.750. The molecule has 1 aromatic carbocycles. The Balaban J connectivity index is 0.00000243. The van der Waals surface area contributed by atoms with Crippen LogP contribution in [-0.2, 0) is 0 Å². The van der Waals surface area contributed by atoms with E-state index in [0.717, 1.165) is 16.3 Å². The summed E-state index contributed by atoms with van der Waals surface area (Å²) in [6, 6.07) is 0. The van der Waals surface area contributed by atoms with Crippen molar-refractivity contribution in [3.8, 4) is 0 Å². The highest BCUT2D eigenvalue weighted by molar-refractivity contribution is 5.66. The Labute approximate surface area is 161 Å². The van der Waals surface area contributed by atoms with Crippen LogP contribution in [0.2, 0.25) is 0 Å². The Morgan fingerprint density at radius 3 is 1.42 bits per heavy atom. The van der Waals surface area contributed by atoms with Crippen LogP contribution < -0.4 is 4.48 Å². The first-order valence-electron chi connectivity index (χ1n) is 10.8. The van der Waals surface area contributed by atoms with Gasteiger partial charge >= 0.3 is 0 Å². The van der Waals surface area contributed by atoms with E-state index in [1.807, 2.05) is 0 Å². The second-order valence-electron chi connectivity index (χ2n) is 9.73. The first-order valence-corrected chi connectivity index (χ1v) is 10.8. The van der Waals surface area contributed by atoms with Crippen LogP contribution in [0.15, 0.2) is 0 Å². The highest BCUT2D eigenvalue weighted by atomic mass is 16.0. The average molecular weight is 360 g/mol. The number of benzene rings is 1. The molecule has 0 heterocycles. The molecule has 0 radical (unpaired) electrons. The molecule has 2 heteroatoms. The lowest BCUT2D eigenvalue weighted by molar-refractivity contribution is 0.405. The van der Waals surface area contributed by atoms with Gasteiger partial charge in [0.2, 0.25) is 0 Å². The minimum absolute atomic E-state index is 0. The van der Waals surface area contributed by atoms with Crippen molar-refractivity contribution in [2.45, 2.75) is 96.8 Å². The topological polar surface area (TPSA) is 30.0 Å². The van der Waals surface area contributed by atoms with Crippen LogP contribution in [0.25, 0.3) is 0 Å². The van der Waals surface area contributed by atoms with E-state index in [4.69, 9.17) is 0 Å². The summed E-state index contributed by atoms with van der Waals surface area (Å²) < 4.78 is 0.971. The molecular weight excluding hydrogens is 318 g/mol. The largest absolute Gasteiger partial charge is 0.870 e. The van der Waals surface area contributed by atoms with E-state index in [9.17, 15) is 0 Å². The third-order valence-corrected chi connectivity index (χ3v) is 7.13. The van der Waals surface area contributed by atoms with Crippen LogP contribution in [0.5, 0.6) is 0 Å². The molecule has 0 aliphatic heterocycles. The summed E-state index contributed by atoms with van der Waals surface area (Å²) in [6.45, 7) is 7.19. The number of rotatable bonds is 3. The maximum atomic E-state index is 2.43. The molecule has 0 spiro atoms. The summed E-state index contributed by atoms with van der Waals surface area (Å²) >= 11 is 0. The molecule has 0 unspecified atom stereocenters. The predicted octanol–water partition coefficient (Wildman–Crippen LogP) is 6.73. The van der Waals surface area contributed by atoms with Gasteiger partial charge in [0, 0.05) is 11.1 Å². The zero-order valence-corrected chi connectivity index (χ0v) is 18.1. The Kier molecular flexibility index (Phi) is 6.96. The zero-order chi connectivity index (χ0) is 18.2. The molecule has 2 fully saturated rings. The lowest BCUT2D eigenvalue weighted by Gasteiger charge is -2.38. The summed E-state index contributed by atoms with van der Waals surface area (Å²) in [5.41, 5.74) is 9.98. The summed E-state index contributed by atoms with van der Waals surface area (Å²) in [6.07, 6.45) is 14.3. The number of hydrogen-bond acceptors (Lipinski definition) is 1. The fourth-order valence-corrected chi connectivity index (χ4v) is 5.78. The zero-order valence-electron chi connectivity index (χ0n) is 18.1. The molecule has 2 nitrogen and oxygen atoms in total. The van der Waals surface area contributed by atoms with Gasteiger partial charge in [-0.2, -0.15) is 0 Å². The number of nitrogens with zero attached hydrogens (tertiary/aromatic N) is 1. The van der Waals surface area contributed by atoms with E-state index in [1.165, 1.54) is 64.2 Å². The maximum Gasteiger partial charge on any atom is 0.139 e. The van der Waals surface area contributed by atoms with Gasteiger partial charge in [-0.3, -0.25) is 4.48 Å². The van der Waals surface area contributed by atoms with Crippen LogP contribution in [0.1, 0.15) is 104 Å². The van der Waals surface area contributed by atoms with Gasteiger partial charge in [0.05, 0.1) is 21.1 Å². The van der Waals surface area contributed by atoms with E-state index in [0.29, 0.717) is 0 Å². The van der Waals surface area contributed by atoms with Crippen LogP contribution in [0.3, 0.4) is 0 Å². The van der Waals surface area contributed by atoms with E-state index >= 15 is 0 Å². The van der Waals surface area contributed by atoms with E-state index in [-0.39, 0.29) is 5.48 Å².